The van der Waals surface area contributed by atoms with Gasteiger partial charge in [-0.05, 0) is 30.3 Å². The lowest BCUT2D eigenvalue weighted by atomic mass is 10.1. The first kappa shape index (κ1) is 14.9. The van der Waals surface area contributed by atoms with Crippen LogP contribution < -0.4 is 10.1 Å². The summed E-state index contributed by atoms with van der Waals surface area (Å²) in [7, 11) is 1.88. The first-order valence-corrected chi connectivity index (χ1v) is 6.89. The summed E-state index contributed by atoms with van der Waals surface area (Å²) < 4.78 is 32.5. The van der Waals surface area contributed by atoms with Crippen molar-refractivity contribution in [1.82, 2.24) is 5.32 Å². The number of ether oxygens (including phenoxy) is 1. The van der Waals surface area contributed by atoms with E-state index in [2.05, 4.69) is 21.2 Å². The predicted octanol–water partition coefficient (Wildman–Crippen LogP) is 4.03. The zero-order valence-corrected chi connectivity index (χ0v) is 12.5. The average molecular weight is 342 g/mol. The number of benzene rings is 2. The van der Waals surface area contributed by atoms with Crippen molar-refractivity contribution in [2.45, 2.75) is 13.2 Å². The normalized spacial score (nSPS) is 10.6. The van der Waals surface area contributed by atoms with E-state index in [0.717, 1.165) is 23.7 Å². The van der Waals surface area contributed by atoms with Crippen LogP contribution in [0, 0.1) is 11.6 Å². The second kappa shape index (κ2) is 6.81. The zero-order chi connectivity index (χ0) is 14.5. The molecule has 0 unspecified atom stereocenters. The van der Waals surface area contributed by atoms with Crippen molar-refractivity contribution in [1.29, 1.82) is 0 Å². The van der Waals surface area contributed by atoms with Gasteiger partial charge in [0.25, 0.3) is 0 Å². The van der Waals surface area contributed by atoms with Gasteiger partial charge < -0.3 is 10.1 Å². The van der Waals surface area contributed by atoms with E-state index < -0.39 is 11.6 Å². The summed E-state index contributed by atoms with van der Waals surface area (Å²) in [5, 5.41) is 3.05. The molecule has 0 amide bonds. The maximum atomic E-state index is 13.5. The van der Waals surface area contributed by atoms with Gasteiger partial charge in [-0.2, -0.15) is 4.39 Å². The second-order valence-corrected chi connectivity index (χ2v) is 5.25. The Hall–Kier alpha value is -1.46. The molecule has 0 aliphatic heterocycles. The van der Waals surface area contributed by atoms with Crippen molar-refractivity contribution in [3.05, 3.63) is 63.6 Å². The fourth-order valence-corrected chi connectivity index (χ4v) is 2.16. The minimum absolute atomic E-state index is 0.101. The van der Waals surface area contributed by atoms with E-state index >= 15 is 0 Å². The van der Waals surface area contributed by atoms with Crippen LogP contribution >= 0.6 is 15.9 Å². The molecule has 0 fully saturated rings. The zero-order valence-electron chi connectivity index (χ0n) is 10.9. The highest BCUT2D eigenvalue weighted by Gasteiger charge is 2.11. The van der Waals surface area contributed by atoms with E-state index in [0.29, 0.717) is 4.47 Å². The highest BCUT2D eigenvalue weighted by atomic mass is 79.9. The average Bonchev–Trinajstić information content (AvgIpc) is 2.43. The van der Waals surface area contributed by atoms with Gasteiger partial charge in [-0.1, -0.05) is 40.2 Å². The largest absolute Gasteiger partial charge is 0.486 e. The van der Waals surface area contributed by atoms with Gasteiger partial charge in [0.1, 0.15) is 6.61 Å². The molecule has 1 N–H and O–H groups in total. The maximum absolute atomic E-state index is 13.5. The van der Waals surface area contributed by atoms with Gasteiger partial charge in [-0.15, -0.1) is 0 Å². The Morgan fingerprint density at radius 3 is 2.40 bits per heavy atom. The molecule has 0 saturated carbocycles. The molecular formula is C15H14BrF2NO. The Morgan fingerprint density at radius 1 is 1.10 bits per heavy atom. The van der Waals surface area contributed by atoms with Gasteiger partial charge in [0.2, 0.25) is 5.82 Å². The number of halogens is 3. The molecule has 20 heavy (non-hydrogen) atoms. The SMILES string of the molecule is CNCc1ccc(COc2cc(Br)cc(F)c2F)cc1. The molecule has 0 bridgehead atoms. The topological polar surface area (TPSA) is 21.3 Å². The van der Waals surface area contributed by atoms with Crippen LogP contribution in [0.5, 0.6) is 5.75 Å². The molecule has 0 saturated heterocycles. The number of hydrogen-bond donors (Lipinski definition) is 1. The monoisotopic (exact) mass is 341 g/mol. The molecule has 0 aromatic heterocycles. The Bertz CT molecular complexity index is 587. The maximum Gasteiger partial charge on any atom is 0.200 e. The molecule has 0 spiro atoms. The third kappa shape index (κ3) is 3.77. The lowest BCUT2D eigenvalue weighted by Crippen LogP contribution is -2.05. The first-order valence-electron chi connectivity index (χ1n) is 6.10. The minimum Gasteiger partial charge on any atom is -0.486 e. The summed E-state index contributed by atoms with van der Waals surface area (Å²) >= 11 is 3.11. The lowest BCUT2D eigenvalue weighted by Gasteiger charge is -2.09. The summed E-state index contributed by atoms with van der Waals surface area (Å²) in [5.41, 5.74) is 2.04. The lowest BCUT2D eigenvalue weighted by molar-refractivity contribution is 0.284. The molecule has 0 aliphatic carbocycles. The molecule has 0 heterocycles. The summed E-state index contributed by atoms with van der Waals surface area (Å²) in [6.07, 6.45) is 0. The van der Waals surface area contributed by atoms with Crippen molar-refractivity contribution < 1.29 is 13.5 Å². The molecule has 0 radical (unpaired) electrons. The quantitative estimate of drug-likeness (QED) is 0.829. The Labute approximate surface area is 124 Å². The van der Waals surface area contributed by atoms with Crippen LogP contribution in [0.3, 0.4) is 0 Å². The van der Waals surface area contributed by atoms with E-state index in [4.69, 9.17) is 4.74 Å². The van der Waals surface area contributed by atoms with Gasteiger partial charge >= 0.3 is 0 Å². The van der Waals surface area contributed by atoms with Gasteiger partial charge in [-0.3, -0.25) is 0 Å². The van der Waals surface area contributed by atoms with Gasteiger partial charge in [0.15, 0.2) is 11.6 Å². The van der Waals surface area contributed by atoms with Crippen LogP contribution in [0.15, 0.2) is 40.9 Å². The Kier molecular flexibility index (Phi) is 5.09. The molecule has 2 aromatic carbocycles. The Balaban J connectivity index is 2.05. The number of rotatable bonds is 5. The fourth-order valence-electron chi connectivity index (χ4n) is 1.76. The van der Waals surface area contributed by atoms with Crippen molar-refractivity contribution in [3.63, 3.8) is 0 Å². The van der Waals surface area contributed by atoms with E-state index in [1.807, 2.05) is 31.3 Å². The first-order chi connectivity index (χ1) is 9.60. The molecule has 2 aromatic rings. The fraction of sp³-hybridized carbons (Fsp3) is 0.200. The summed E-state index contributed by atoms with van der Waals surface area (Å²) in [6, 6.07) is 10.2. The summed E-state index contributed by atoms with van der Waals surface area (Å²) in [5.74, 6) is -2.00. The van der Waals surface area contributed by atoms with Crippen LogP contribution in [0.2, 0.25) is 0 Å². The highest BCUT2D eigenvalue weighted by molar-refractivity contribution is 9.10. The molecular weight excluding hydrogens is 328 g/mol. The molecule has 2 rings (SSSR count). The summed E-state index contributed by atoms with van der Waals surface area (Å²) in [4.78, 5) is 0. The van der Waals surface area contributed by atoms with E-state index in [-0.39, 0.29) is 12.4 Å². The van der Waals surface area contributed by atoms with Gasteiger partial charge in [0.05, 0.1) is 0 Å². The van der Waals surface area contributed by atoms with Gasteiger partial charge in [-0.25, -0.2) is 4.39 Å². The van der Waals surface area contributed by atoms with Crippen molar-refractivity contribution in [3.8, 4) is 5.75 Å². The number of nitrogens with one attached hydrogen (secondary N) is 1. The van der Waals surface area contributed by atoms with Crippen LogP contribution in [-0.4, -0.2) is 7.05 Å². The second-order valence-electron chi connectivity index (χ2n) is 4.34. The third-order valence-corrected chi connectivity index (χ3v) is 3.22. The Morgan fingerprint density at radius 2 is 1.75 bits per heavy atom. The molecule has 0 atom stereocenters. The highest BCUT2D eigenvalue weighted by Crippen LogP contribution is 2.26. The van der Waals surface area contributed by atoms with Crippen LogP contribution in [0.25, 0.3) is 0 Å². The number of hydrogen-bond acceptors (Lipinski definition) is 2. The predicted molar refractivity (Wildman–Crippen MR) is 77.6 cm³/mol. The summed E-state index contributed by atoms with van der Waals surface area (Å²) in [6.45, 7) is 0.971. The van der Waals surface area contributed by atoms with Gasteiger partial charge in [0, 0.05) is 11.0 Å². The van der Waals surface area contributed by atoms with E-state index in [9.17, 15) is 8.78 Å². The van der Waals surface area contributed by atoms with Crippen LogP contribution in [0.1, 0.15) is 11.1 Å². The minimum atomic E-state index is -0.972. The van der Waals surface area contributed by atoms with E-state index in [1.165, 1.54) is 6.07 Å². The molecule has 0 aliphatic rings. The molecule has 106 valence electrons. The standard InChI is InChI=1S/C15H14BrF2NO/c1-19-8-10-2-4-11(5-3-10)9-20-14-7-12(16)6-13(17)15(14)18/h2-7,19H,8-9H2,1H3. The van der Waals surface area contributed by atoms with E-state index in [1.54, 1.807) is 0 Å². The van der Waals surface area contributed by atoms with Crippen molar-refractivity contribution in [2.24, 2.45) is 0 Å². The molecule has 2 nitrogen and oxygen atoms in total. The van der Waals surface area contributed by atoms with Crippen molar-refractivity contribution in [2.75, 3.05) is 7.05 Å². The molecule has 5 heteroatoms. The van der Waals surface area contributed by atoms with Crippen molar-refractivity contribution >= 4 is 15.9 Å². The van der Waals surface area contributed by atoms with Crippen LogP contribution in [-0.2, 0) is 13.2 Å². The third-order valence-electron chi connectivity index (χ3n) is 2.76. The van der Waals surface area contributed by atoms with Crippen LogP contribution in [0.4, 0.5) is 8.78 Å². The smallest absolute Gasteiger partial charge is 0.200 e.